The average Bonchev–Trinajstić information content (AvgIpc) is 2.45. The molecule has 3 heteroatoms. The molecule has 0 aliphatic rings. The van der Waals surface area contributed by atoms with E-state index in [1.165, 1.54) is 11.1 Å². The van der Waals surface area contributed by atoms with Gasteiger partial charge < -0.3 is 9.84 Å². The molecule has 0 spiro atoms. The minimum atomic E-state index is -0.710. The molecule has 110 valence electrons. The summed E-state index contributed by atoms with van der Waals surface area (Å²) in [5, 5.41) is 8.61. The van der Waals surface area contributed by atoms with Gasteiger partial charge in [-0.3, -0.25) is 4.79 Å². The van der Waals surface area contributed by atoms with E-state index in [0.717, 1.165) is 37.9 Å². The van der Waals surface area contributed by atoms with Crippen LogP contribution in [-0.4, -0.2) is 18.2 Å². The standard InChI is InChI=1S/C17H24O3/c1-3-7-14(8-5-4-6-9-17(18)19)15-10-12-16(20-2)13-11-15/h8,10-13H,3-7,9H2,1-2H3,(H,18,19)/b14-8+. The van der Waals surface area contributed by atoms with E-state index in [1.807, 2.05) is 12.1 Å². The average molecular weight is 276 g/mol. The van der Waals surface area contributed by atoms with Gasteiger partial charge in [0.15, 0.2) is 0 Å². The first-order valence-electron chi connectivity index (χ1n) is 7.22. The lowest BCUT2D eigenvalue weighted by Gasteiger charge is -2.08. The molecule has 0 atom stereocenters. The van der Waals surface area contributed by atoms with Crippen molar-refractivity contribution in [2.75, 3.05) is 7.11 Å². The van der Waals surface area contributed by atoms with E-state index in [0.29, 0.717) is 0 Å². The summed E-state index contributed by atoms with van der Waals surface area (Å²) in [5.41, 5.74) is 2.57. The van der Waals surface area contributed by atoms with E-state index in [1.54, 1.807) is 7.11 Å². The van der Waals surface area contributed by atoms with Crippen molar-refractivity contribution in [1.29, 1.82) is 0 Å². The molecule has 0 saturated carbocycles. The largest absolute Gasteiger partial charge is 0.497 e. The second-order valence-corrected chi connectivity index (χ2v) is 4.85. The van der Waals surface area contributed by atoms with E-state index in [2.05, 4.69) is 25.1 Å². The SMILES string of the molecule is CCC/C(=C\CCCCC(=O)O)c1ccc(OC)cc1. The van der Waals surface area contributed by atoms with Gasteiger partial charge in [0.1, 0.15) is 5.75 Å². The Morgan fingerprint density at radius 1 is 1.20 bits per heavy atom. The van der Waals surface area contributed by atoms with Gasteiger partial charge in [0.05, 0.1) is 7.11 Å². The van der Waals surface area contributed by atoms with Gasteiger partial charge in [-0.1, -0.05) is 31.6 Å². The maximum Gasteiger partial charge on any atom is 0.303 e. The first kappa shape index (κ1) is 16.3. The molecule has 3 nitrogen and oxygen atoms in total. The van der Waals surface area contributed by atoms with Crippen molar-refractivity contribution >= 4 is 11.5 Å². The van der Waals surface area contributed by atoms with E-state index >= 15 is 0 Å². The zero-order valence-corrected chi connectivity index (χ0v) is 12.4. The zero-order valence-electron chi connectivity index (χ0n) is 12.4. The van der Waals surface area contributed by atoms with Crippen LogP contribution in [-0.2, 0) is 4.79 Å². The fourth-order valence-corrected chi connectivity index (χ4v) is 2.14. The molecule has 0 aliphatic carbocycles. The molecule has 0 bridgehead atoms. The van der Waals surface area contributed by atoms with Crippen molar-refractivity contribution in [2.24, 2.45) is 0 Å². The second kappa shape index (κ2) is 9.18. The van der Waals surface area contributed by atoms with E-state index in [-0.39, 0.29) is 6.42 Å². The van der Waals surface area contributed by atoms with Crippen LogP contribution in [0.3, 0.4) is 0 Å². The highest BCUT2D eigenvalue weighted by Gasteiger charge is 2.02. The lowest BCUT2D eigenvalue weighted by molar-refractivity contribution is -0.137. The van der Waals surface area contributed by atoms with Crippen molar-refractivity contribution in [2.45, 2.75) is 45.4 Å². The van der Waals surface area contributed by atoms with Crippen LogP contribution in [0.25, 0.3) is 5.57 Å². The van der Waals surface area contributed by atoms with Crippen LogP contribution in [0.5, 0.6) is 5.75 Å². The Balaban J connectivity index is 2.59. The van der Waals surface area contributed by atoms with Gasteiger partial charge in [0, 0.05) is 6.42 Å². The number of carboxylic acid groups (broad SMARTS) is 1. The Hall–Kier alpha value is -1.77. The van der Waals surface area contributed by atoms with Gasteiger partial charge in [-0.15, -0.1) is 0 Å². The maximum absolute atomic E-state index is 10.5. The summed E-state index contributed by atoms with van der Waals surface area (Å²) < 4.78 is 5.17. The number of ether oxygens (including phenoxy) is 1. The second-order valence-electron chi connectivity index (χ2n) is 4.85. The fourth-order valence-electron chi connectivity index (χ4n) is 2.14. The molecule has 1 rings (SSSR count). The molecule has 0 amide bonds. The lowest BCUT2D eigenvalue weighted by atomic mass is 9.99. The molecule has 1 aromatic rings. The summed E-state index contributed by atoms with van der Waals surface area (Å²) in [6.07, 6.45) is 7.27. The van der Waals surface area contributed by atoms with Crippen LogP contribution in [0, 0.1) is 0 Å². The van der Waals surface area contributed by atoms with Gasteiger partial charge in [0.25, 0.3) is 0 Å². The molecule has 0 unspecified atom stereocenters. The van der Waals surface area contributed by atoms with Crippen LogP contribution in [0.2, 0.25) is 0 Å². The molecule has 0 heterocycles. The smallest absolute Gasteiger partial charge is 0.303 e. The number of allylic oxidation sites excluding steroid dienone is 2. The highest BCUT2D eigenvalue weighted by molar-refractivity contribution is 5.67. The third-order valence-corrected chi connectivity index (χ3v) is 3.22. The van der Waals surface area contributed by atoms with Crippen molar-refractivity contribution < 1.29 is 14.6 Å². The number of aliphatic carboxylic acids is 1. The van der Waals surface area contributed by atoms with Gasteiger partial charge in [-0.25, -0.2) is 0 Å². The lowest BCUT2D eigenvalue weighted by Crippen LogP contribution is -1.93. The quantitative estimate of drug-likeness (QED) is 0.674. The van der Waals surface area contributed by atoms with Gasteiger partial charge in [-0.05, 0) is 49.0 Å². The summed E-state index contributed by atoms with van der Waals surface area (Å²) in [5.74, 6) is 0.156. The topological polar surface area (TPSA) is 46.5 Å². The summed E-state index contributed by atoms with van der Waals surface area (Å²) in [6.45, 7) is 2.17. The number of carbonyl (C=O) groups is 1. The van der Waals surface area contributed by atoms with Crippen molar-refractivity contribution in [3.05, 3.63) is 35.9 Å². The van der Waals surface area contributed by atoms with Crippen LogP contribution in [0.4, 0.5) is 0 Å². The van der Waals surface area contributed by atoms with Crippen molar-refractivity contribution in [3.63, 3.8) is 0 Å². The Kier molecular flexibility index (Phi) is 7.48. The molecule has 20 heavy (non-hydrogen) atoms. The van der Waals surface area contributed by atoms with Gasteiger partial charge in [-0.2, -0.15) is 0 Å². The maximum atomic E-state index is 10.5. The number of unbranched alkanes of at least 4 members (excludes halogenated alkanes) is 2. The molecule has 1 aromatic carbocycles. The predicted molar refractivity (Wildman–Crippen MR) is 82.0 cm³/mol. The molecule has 0 aliphatic heterocycles. The number of rotatable bonds is 9. The van der Waals surface area contributed by atoms with Gasteiger partial charge >= 0.3 is 5.97 Å². The summed E-state index contributed by atoms with van der Waals surface area (Å²) in [4.78, 5) is 10.5. The molecular formula is C17H24O3. The van der Waals surface area contributed by atoms with E-state index in [9.17, 15) is 4.79 Å². The van der Waals surface area contributed by atoms with Crippen LogP contribution in [0.15, 0.2) is 30.3 Å². The Bertz CT molecular complexity index is 432. The minimum Gasteiger partial charge on any atom is -0.497 e. The third kappa shape index (κ3) is 5.91. The van der Waals surface area contributed by atoms with E-state index < -0.39 is 5.97 Å². The predicted octanol–water partition coefficient (Wildman–Crippen LogP) is 4.52. The third-order valence-electron chi connectivity index (χ3n) is 3.22. The number of benzene rings is 1. The molecule has 1 N–H and O–H groups in total. The molecule has 0 radical (unpaired) electrons. The molecular weight excluding hydrogens is 252 g/mol. The highest BCUT2D eigenvalue weighted by atomic mass is 16.5. The van der Waals surface area contributed by atoms with Crippen molar-refractivity contribution in [1.82, 2.24) is 0 Å². The molecule has 0 saturated heterocycles. The molecule has 0 fully saturated rings. The zero-order chi connectivity index (χ0) is 14.8. The number of hydrogen-bond donors (Lipinski definition) is 1. The number of methoxy groups -OCH3 is 1. The molecule has 0 aromatic heterocycles. The first-order valence-corrected chi connectivity index (χ1v) is 7.22. The summed E-state index contributed by atoms with van der Waals surface area (Å²) in [6, 6.07) is 8.11. The van der Waals surface area contributed by atoms with Crippen LogP contribution >= 0.6 is 0 Å². The van der Waals surface area contributed by atoms with Crippen LogP contribution < -0.4 is 4.74 Å². The highest BCUT2D eigenvalue weighted by Crippen LogP contribution is 2.23. The first-order chi connectivity index (χ1) is 9.67. The fraction of sp³-hybridized carbons (Fsp3) is 0.471. The minimum absolute atomic E-state index is 0.263. The van der Waals surface area contributed by atoms with E-state index in [4.69, 9.17) is 9.84 Å². The van der Waals surface area contributed by atoms with Crippen molar-refractivity contribution in [3.8, 4) is 5.75 Å². The Morgan fingerprint density at radius 2 is 1.90 bits per heavy atom. The summed E-state index contributed by atoms with van der Waals surface area (Å²) >= 11 is 0. The number of hydrogen-bond acceptors (Lipinski definition) is 2. The Morgan fingerprint density at radius 3 is 2.45 bits per heavy atom. The van der Waals surface area contributed by atoms with Gasteiger partial charge in [0.2, 0.25) is 0 Å². The Labute approximate surface area is 121 Å². The monoisotopic (exact) mass is 276 g/mol. The summed E-state index contributed by atoms with van der Waals surface area (Å²) in [7, 11) is 1.67. The number of carboxylic acids is 1. The normalized spacial score (nSPS) is 11.4. The van der Waals surface area contributed by atoms with Crippen LogP contribution in [0.1, 0.15) is 51.0 Å².